The monoisotopic (exact) mass is 278 g/mol. The summed E-state index contributed by atoms with van der Waals surface area (Å²) in [6.07, 6.45) is 2.14. The van der Waals surface area contributed by atoms with E-state index >= 15 is 0 Å². The number of carbonyl (C=O) groups is 1. The van der Waals surface area contributed by atoms with Crippen molar-refractivity contribution in [2.45, 2.75) is 33.7 Å². The Bertz CT molecular complexity index is 621. The maximum atomic E-state index is 12.6. The summed E-state index contributed by atoms with van der Waals surface area (Å²) in [5.74, 6) is -0.154. The van der Waals surface area contributed by atoms with Crippen LogP contribution in [0, 0.1) is 6.92 Å². The number of nitrogens with zero attached hydrogens (tertiary/aromatic N) is 4. The van der Waals surface area contributed by atoms with Crippen LogP contribution < -0.4 is 0 Å². The molecule has 2 aromatic rings. The molecule has 2 rings (SSSR count). The number of halogens is 1. The third kappa shape index (κ3) is 2.51. The highest BCUT2D eigenvalue weighted by Crippen LogP contribution is 2.21. The van der Waals surface area contributed by atoms with E-state index in [2.05, 4.69) is 15.3 Å². The molecule has 0 radical (unpaired) electrons. The summed E-state index contributed by atoms with van der Waals surface area (Å²) in [5, 5.41) is 12.5. The van der Waals surface area contributed by atoms with Crippen LogP contribution in [0.25, 0.3) is 0 Å². The zero-order valence-electron chi connectivity index (χ0n) is 11.1. The highest BCUT2D eigenvalue weighted by molar-refractivity contribution is 6.34. The largest absolute Gasteiger partial charge is 0.287 e. The van der Waals surface area contributed by atoms with Gasteiger partial charge in [-0.3, -0.25) is 9.48 Å². The predicted octanol–water partition coefficient (Wildman–Crippen LogP) is 2.45. The van der Waals surface area contributed by atoms with Crippen molar-refractivity contribution in [3.63, 3.8) is 0 Å². The van der Waals surface area contributed by atoms with Crippen LogP contribution in [0.4, 0.5) is 0 Å². The first-order valence-corrected chi connectivity index (χ1v) is 6.55. The van der Waals surface area contributed by atoms with Crippen LogP contribution in [0.3, 0.4) is 0 Å². The first kappa shape index (κ1) is 13.7. The van der Waals surface area contributed by atoms with Gasteiger partial charge in [-0.25, -0.2) is 0 Å². The fourth-order valence-corrected chi connectivity index (χ4v) is 2.15. The topological polar surface area (TPSA) is 60.7 Å². The minimum absolute atomic E-state index is 0.154. The molecule has 100 valence electrons. The molecular formula is C13H15ClN4O. The van der Waals surface area contributed by atoms with E-state index in [4.69, 9.17) is 11.6 Å². The van der Waals surface area contributed by atoms with Gasteiger partial charge in [0.1, 0.15) is 5.69 Å². The van der Waals surface area contributed by atoms with Crippen LogP contribution in [0.1, 0.15) is 41.3 Å². The molecule has 0 amide bonds. The molecular weight excluding hydrogens is 264 g/mol. The number of hydrogen-bond acceptors (Lipinski definition) is 4. The summed E-state index contributed by atoms with van der Waals surface area (Å²) in [7, 11) is 0. The van der Waals surface area contributed by atoms with Crippen LogP contribution >= 0.6 is 11.6 Å². The van der Waals surface area contributed by atoms with Crippen LogP contribution in [-0.4, -0.2) is 25.8 Å². The number of rotatable bonds is 4. The van der Waals surface area contributed by atoms with Crippen LogP contribution in [0.15, 0.2) is 12.3 Å². The number of hydrogen-bond donors (Lipinski definition) is 0. The average molecular weight is 279 g/mol. The van der Waals surface area contributed by atoms with Crippen molar-refractivity contribution >= 4 is 17.4 Å². The van der Waals surface area contributed by atoms with Gasteiger partial charge in [0.05, 0.1) is 22.6 Å². The fourth-order valence-electron chi connectivity index (χ4n) is 1.93. The van der Waals surface area contributed by atoms with Crippen molar-refractivity contribution in [2.75, 3.05) is 0 Å². The molecule has 0 aliphatic rings. The Morgan fingerprint density at radius 2 is 2.11 bits per heavy atom. The third-order valence-corrected chi connectivity index (χ3v) is 3.16. The van der Waals surface area contributed by atoms with Gasteiger partial charge in [-0.05, 0) is 26.3 Å². The van der Waals surface area contributed by atoms with E-state index in [-0.39, 0.29) is 5.78 Å². The molecule has 0 bridgehead atoms. The van der Waals surface area contributed by atoms with Gasteiger partial charge in [0.15, 0.2) is 0 Å². The second-order valence-corrected chi connectivity index (χ2v) is 4.59. The van der Waals surface area contributed by atoms with Crippen molar-refractivity contribution in [3.05, 3.63) is 39.9 Å². The molecule has 2 aromatic heterocycles. The Morgan fingerprint density at radius 1 is 1.37 bits per heavy atom. The standard InChI is InChI=1S/C13H15ClN4O/c1-4-11-9(6-8(3)16-17-11)13(19)12-10(14)7-15-18(12)5-2/h6-7H,4-5H2,1-3H3. The van der Waals surface area contributed by atoms with Crippen molar-refractivity contribution in [3.8, 4) is 0 Å². The Hall–Kier alpha value is -1.75. The summed E-state index contributed by atoms with van der Waals surface area (Å²) >= 11 is 6.06. The molecule has 0 saturated carbocycles. The smallest absolute Gasteiger partial charge is 0.214 e. The van der Waals surface area contributed by atoms with E-state index in [0.717, 1.165) is 0 Å². The Kier molecular flexibility index (Phi) is 3.95. The number of ketones is 1. The lowest BCUT2D eigenvalue weighted by Gasteiger charge is -2.08. The minimum Gasteiger partial charge on any atom is -0.287 e. The summed E-state index contributed by atoms with van der Waals surface area (Å²) in [4.78, 5) is 12.6. The van der Waals surface area contributed by atoms with Crippen molar-refractivity contribution in [2.24, 2.45) is 0 Å². The highest BCUT2D eigenvalue weighted by atomic mass is 35.5. The second-order valence-electron chi connectivity index (χ2n) is 4.19. The molecule has 0 aromatic carbocycles. The molecule has 5 nitrogen and oxygen atoms in total. The summed E-state index contributed by atoms with van der Waals surface area (Å²) in [6, 6.07) is 1.75. The van der Waals surface area contributed by atoms with Crippen LogP contribution in [0.5, 0.6) is 0 Å². The molecule has 0 N–H and O–H groups in total. The zero-order valence-corrected chi connectivity index (χ0v) is 11.9. The van der Waals surface area contributed by atoms with Crippen LogP contribution in [-0.2, 0) is 13.0 Å². The first-order chi connectivity index (χ1) is 9.08. The van der Waals surface area contributed by atoms with E-state index in [1.54, 1.807) is 10.7 Å². The quantitative estimate of drug-likeness (QED) is 0.806. The maximum Gasteiger partial charge on any atom is 0.214 e. The highest BCUT2D eigenvalue weighted by Gasteiger charge is 2.21. The lowest BCUT2D eigenvalue weighted by atomic mass is 10.0. The first-order valence-electron chi connectivity index (χ1n) is 6.17. The van der Waals surface area contributed by atoms with Gasteiger partial charge in [0.2, 0.25) is 5.78 Å². The molecule has 0 atom stereocenters. The lowest BCUT2D eigenvalue weighted by molar-refractivity contribution is 0.102. The molecule has 0 aliphatic carbocycles. The Morgan fingerprint density at radius 3 is 2.74 bits per heavy atom. The van der Waals surface area contributed by atoms with Crippen molar-refractivity contribution in [1.82, 2.24) is 20.0 Å². The van der Waals surface area contributed by atoms with E-state index in [0.29, 0.717) is 40.6 Å². The zero-order chi connectivity index (χ0) is 14.0. The van der Waals surface area contributed by atoms with E-state index in [1.807, 2.05) is 20.8 Å². The average Bonchev–Trinajstić information content (AvgIpc) is 2.79. The van der Waals surface area contributed by atoms with Crippen LogP contribution in [0.2, 0.25) is 5.02 Å². The molecule has 0 aliphatic heterocycles. The van der Waals surface area contributed by atoms with Gasteiger partial charge in [0, 0.05) is 12.1 Å². The van der Waals surface area contributed by atoms with E-state index in [1.165, 1.54) is 6.20 Å². The second kappa shape index (κ2) is 5.48. The molecule has 0 unspecified atom stereocenters. The molecule has 0 saturated heterocycles. The fraction of sp³-hybridized carbons (Fsp3) is 0.385. The molecule has 6 heteroatoms. The molecule has 19 heavy (non-hydrogen) atoms. The van der Waals surface area contributed by atoms with Gasteiger partial charge >= 0.3 is 0 Å². The van der Waals surface area contributed by atoms with Gasteiger partial charge < -0.3 is 0 Å². The van der Waals surface area contributed by atoms with E-state index in [9.17, 15) is 4.79 Å². The molecule has 2 heterocycles. The maximum absolute atomic E-state index is 12.6. The Balaban J connectivity index is 2.55. The Labute approximate surface area is 116 Å². The number of aromatic nitrogens is 4. The third-order valence-electron chi connectivity index (χ3n) is 2.88. The predicted molar refractivity (Wildman–Crippen MR) is 72.5 cm³/mol. The molecule has 0 fully saturated rings. The van der Waals surface area contributed by atoms with Crippen molar-refractivity contribution < 1.29 is 4.79 Å². The van der Waals surface area contributed by atoms with Gasteiger partial charge in [-0.1, -0.05) is 18.5 Å². The molecule has 0 spiro atoms. The van der Waals surface area contributed by atoms with Gasteiger partial charge in [0.25, 0.3) is 0 Å². The van der Waals surface area contributed by atoms with Gasteiger partial charge in [-0.15, -0.1) is 0 Å². The number of aryl methyl sites for hydroxylation is 3. The SMILES string of the molecule is CCc1nnc(C)cc1C(=O)c1c(Cl)cnn1CC. The van der Waals surface area contributed by atoms with E-state index < -0.39 is 0 Å². The van der Waals surface area contributed by atoms with Crippen molar-refractivity contribution in [1.29, 1.82) is 0 Å². The normalized spacial score (nSPS) is 10.7. The lowest BCUT2D eigenvalue weighted by Crippen LogP contribution is -2.14. The minimum atomic E-state index is -0.154. The summed E-state index contributed by atoms with van der Waals surface area (Å²) < 4.78 is 1.60. The summed E-state index contributed by atoms with van der Waals surface area (Å²) in [6.45, 7) is 6.25. The number of carbonyl (C=O) groups excluding carboxylic acids is 1. The van der Waals surface area contributed by atoms with Gasteiger partial charge in [-0.2, -0.15) is 15.3 Å². The summed E-state index contributed by atoms with van der Waals surface area (Å²) in [5.41, 5.74) is 2.34.